The van der Waals surface area contributed by atoms with Crippen LogP contribution in [0.1, 0.15) is 81.1 Å². The van der Waals surface area contributed by atoms with Gasteiger partial charge in [0.05, 0.1) is 12.8 Å². The van der Waals surface area contributed by atoms with Gasteiger partial charge in [0.25, 0.3) is 0 Å². The largest absolute Gasteiger partial charge is 0.355 e. The van der Waals surface area contributed by atoms with Crippen molar-refractivity contribution in [2.75, 3.05) is 0 Å². The zero-order chi connectivity index (χ0) is 17.6. The molecule has 0 N–H and O–H groups in total. The van der Waals surface area contributed by atoms with E-state index in [0.717, 1.165) is 12.8 Å². The van der Waals surface area contributed by atoms with Crippen molar-refractivity contribution in [2.24, 2.45) is 22.7 Å². The Balaban J connectivity index is 4.02. The van der Waals surface area contributed by atoms with Crippen molar-refractivity contribution in [2.45, 2.75) is 81.1 Å². The molecule has 0 rings (SSSR count). The Bertz CT molecular complexity index is 324. The summed E-state index contributed by atoms with van der Waals surface area (Å²) in [4.78, 5) is 32.6. The van der Waals surface area contributed by atoms with Crippen LogP contribution in [0.15, 0.2) is 0 Å². The van der Waals surface area contributed by atoms with Crippen LogP contribution in [0, 0.1) is 22.7 Å². The summed E-state index contributed by atoms with van der Waals surface area (Å²) in [6.07, 6.45) is 2.36. The summed E-state index contributed by atoms with van der Waals surface area (Å²) in [6, 6.07) is 0. The highest BCUT2D eigenvalue weighted by Crippen LogP contribution is 2.27. The molecule has 0 aliphatic heterocycles. The quantitative estimate of drug-likeness (QED) is 0.516. The molecule has 0 aliphatic carbocycles. The fourth-order valence-electron chi connectivity index (χ4n) is 2.97. The minimum Gasteiger partial charge on any atom is -0.247 e. The van der Waals surface area contributed by atoms with E-state index < -0.39 is 11.9 Å². The highest BCUT2D eigenvalue weighted by Gasteiger charge is 2.21. The second-order valence-electron chi connectivity index (χ2n) is 9.06. The molecule has 0 aromatic heterocycles. The standard InChI is InChI=1S/C18H34O4/c1-13(11-17(3,4)5)9-15(19)21-22-16(20)10-14(2)12-18(6,7)8/h13-14H,9-12H2,1-8H3/t13-,14-/m0/s1. The summed E-state index contributed by atoms with van der Waals surface area (Å²) in [5.74, 6) is -0.556. The molecule has 4 heteroatoms. The molecule has 2 atom stereocenters. The van der Waals surface area contributed by atoms with Crippen molar-refractivity contribution in [1.29, 1.82) is 0 Å². The highest BCUT2D eigenvalue weighted by atomic mass is 17.2. The van der Waals surface area contributed by atoms with E-state index in [-0.39, 0.29) is 35.5 Å². The molecule has 0 amide bonds. The fraction of sp³-hybridized carbons (Fsp3) is 0.889. The third-order valence-corrected chi connectivity index (χ3v) is 3.18. The van der Waals surface area contributed by atoms with Crippen LogP contribution in [0.3, 0.4) is 0 Å². The van der Waals surface area contributed by atoms with E-state index in [4.69, 9.17) is 0 Å². The van der Waals surface area contributed by atoms with Gasteiger partial charge >= 0.3 is 11.9 Å². The van der Waals surface area contributed by atoms with Gasteiger partial charge in [-0.2, -0.15) is 0 Å². The summed E-state index contributed by atoms with van der Waals surface area (Å²) in [5.41, 5.74) is 0.331. The SMILES string of the molecule is C[C@@H](CC(=O)OOC(=O)C[C@H](C)CC(C)(C)C)CC(C)(C)C. The van der Waals surface area contributed by atoms with Gasteiger partial charge in [-0.1, -0.05) is 55.4 Å². The third-order valence-electron chi connectivity index (χ3n) is 3.18. The van der Waals surface area contributed by atoms with Crippen LogP contribution in [-0.2, 0) is 19.4 Å². The van der Waals surface area contributed by atoms with Gasteiger partial charge in [-0.15, -0.1) is 0 Å². The van der Waals surface area contributed by atoms with E-state index in [2.05, 4.69) is 51.3 Å². The van der Waals surface area contributed by atoms with Crippen LogP contribution < -0.4 is 0 Å². The first kappa shape index (κ1) is 20.9. The van der Waals surface area contributed by atoms with Crippen LogP contribution in [-0.4, -0.2) is 11.9 Å². The number of hydrogen-bond donors (Lipinski definition) is 0. The highest BCUT2D eigenvalue weighted by molar-refractivity contribution is 5.73. The normalized spacial score (nSPS) is 15.1. The van der Waals surface area contributed by atoms with E-state index >= 15 is 0 Å². The number of hydrogen-bond acceptors (Lipinski definition) is 4. The molecule has 0 heterocycles. The third kappa shape index (κ3) is 12.7. The lowest BCUT2D eigenvalue weighted by atomic mass is 9.84. The zero-order valence-corrected chi connectivity index (χ0v) is 15.6. The van der Waals surface area contributed by atoms with Crippen LogP contribution in [0.25, 0.3) is 0 Å². The molecular formula is C18H34O4. The molecule has 0 unspecified atom stereocenters. The average Bonchev–Trinajstić information content (AvgIpc) is 2.20. The second kappa shape index (κ2) is 8.54. The maximum Gasteiger partial charge on any atom is 0.355 e. The molecule has 0 bridgehead atoms. The summed E-state index contributed by atoms with van der Waals surface area (Å²) in [6.45, 7) is 16.8. The van der Waals surface area contributed by atoms with Crippen LogP contribution in [0.5, 0.6) is 0 Å². The summed E-state index contributed by atoms with van der Waals surface area (Å²) >= 11 is 0. The molecule has 0 radical (unpaired) electrons. The first-order valence-electron chi connectivity index (χ1n) is 8.19. The number of rotatable bonds is 6. The maximum atomic E-state index is 11.7. The molecule has 0 fully saturated rings. The van der Waals surface area contributed by atoms with Crippen LogP contribution >= 0.6 is 0 Å². The molecule has 0 aliphatic rings. The summed E-state index contributed by atoms with van der Waals surface area (Å²) in [5, 5.41) is 0. The predicted molar refractivity (Wildman–Crippen MR) is 87.9 cm³/mol. The van der Waals surface area contributed by atoms with Gasteiger partial charge in [-0.05, 0) is 35.5 Å². The van der Waals surface area contributed by atoms with Crippen molar-refractivity contribution in [1.82, 2.24) is 0 Å². The average molecular weight is 314 g/mol. The van der Waals surface area contributed by atoms with Crippen LogP contribution in [0.4, 0.5) is 0 Å². The van der Waals surface area contributed by atoms with E-state index in [0.29, 0.717) is 0 Å². The molecule has 4 nitrogen and oxygen atoms in total. The minimum absolute atomic E-state index is 0.165. The van der Waals surface area contributed by atoms with Gasteiger partial charge in [0.15, 0.2) is 0 Å². The Kier molecular flexibility index (Phi) is 8.13. The molecule has 0 spiro atoms. The van der Waals surface area contributed by atoms with Crippen molar-refractivity contribution >= 4 is 11.9 Å². The van der Waals surface area contributed by atoms with Gasteiger partial charge in [0.1, 0.15) is 0 Å². The molecule has 0 saturated carbocycles. The maximum absolute atomic E-state index is 11.7. The summed E-state index contributed by atoms with van der Waals surface area (Å²) in [7, 11) is 0. The Morgan fingerprint density at radius 3 is 1.23 bits per heavy atom. The summed E-state index contributed by atoms with van der Waals surface area (Å²) < 4.78 is 0. The topological polar surface area (TPSA) is 52.6 Å². The molecule has 0 saturated heterocycles. The Labute approximate surface area is 135 Å². The van der Waals surface area contributed by atoms with E-state index in [1.807, 2.05) is 13.8 Å². The van der Waals surface area contributed by atoms with E-state index in [9.17, 15) is 9.59 Å². The van der Waals surface area contributed by atoms with Crippen molar-refractivity contribution < 1.29 is 19.4 Å². The minimum atomic E-state index is -0.478. The Hall–Kier alpha value is -1.06. The zero-order valence-electron chi connectivity index (χ0n) is 15.6. The van der Waals surface area contributed by atoms with Gasteiger partial charge in [0, 0.05) is 0 Å². The first-order chi connectivity index (χ1) is 9.78. The molecular weight excluding hydrogens is 280 g/mol. The number of carbonyl (C=O) groups excluding carboxylic acids is 2. The molecule has 22 heavy (non-hydrogen) atoms. The van der Waals surface area contributed by atoms with Gasteiger partial charge in [-0.3, -0.25) is 0 Å². The van der Waals surface area contributed by atoms with Gasteiger partial charge in [-0.25, -0.2) is 19.4 Å². The first-order valence-corrected chi connectivity index (χ1v) is 8.19. The lowest BCUT2D eigenvalue weighted by Crippen LogP contribution is -2.19. The molecule has 130 valence electrons. The van der Waals surface area contributed by atoms with E-state index in [1.54, 1.807) is 0 Å². The molecule has 0 aromatic carbocycles. The monoisotopic (exact) mass is 314 g/mol. The van der Waals surface area contributed by atoms with Crippen LogP contribution in [0.2, 0.25) is 0 Å². The number of carbonyl (C=O) groups is 2. The fourth-order valence-corrected chi connectivity index (χ4v) is 2.97. The lowest BCUT2D eigenvalue weighted by molar-refractivity contribution is -0.260. The van der Waals surface area contributed by atoms with E-state index in [1.165, 1.54) is 0 Å². The van der Waals surface area contributed by atoms with Crippen molar-refractivity contribution in [3.63, 3.8) is 0 Å². The van der Waals surface area contributed by atoms with Gasteiger partial charge in [0.2, 0.25) is 0 Å². The second-order valence-corrected chi connectivity index (χ2v) is 9.06. The van der Waals surface area contributed by atoms with Crippen molar-refractivity contribution in [3.05, 3.63) is 0 Å². The smallest absolute Gasteiger partial charge is 0.247 e. The Morgan fingerprint density at radius 2 is 1.00 bits per heavy atom. The lowest BCUT2D eigenvalue weighted by Gasteiger charge is -2.22. The predicted octanol–water partition coefficient (Wildman–Crippen LogP) is 4.91. The van der Waals surface area contributed by atoms with Crippen molar-refractivity contribution in [3.8, 4) is 0 Å². The van der Waals surface area contributed by atoms with Gasteiger partial charge < -0.3 is 0 Å². The Morgan fingerprint density at radius 1 is 0.727 bits per heavy atom. The molecule has 0 aromatic rings.